The molecule has 4 heterocycles. The second-order valence-corrected chi connectivity index (χ2v) is 7.66. The van der Waals surface area contributed by atoms with Gasteiger partial charge in [-0.2, -0.15) is 0 Å². The monoisotopic (exact) mass is 328 g/mol. The van der Waals surface area contributed by atoms with E-state index in [2.05, 4.69) is 36.7 Å². The summed E-state index contributed by atoms with van der Waals surface area (Å²) in [5.41, 5.74) is 7.35. The molecule has 1 aromatic rings. The second-order valence-electron chi connectivity index (χ2n) is 7.66. The summed E-state index contributed by atoms with van der Waals surface area (Å²) in [5, 5.41) is 0. The van der Waals surface area contributed by atoms with Crippen LogP contribution >= 0.6 is 0 Å². The van der Waals surface area contributed by atoms with Gasteiger partial charge in [0.1, 0.15) is 18.2 Å². The SMILES string of the molecule is O=C(C1CCNN1)N1CC2CN(c3cc(C4CC4)ncn3)CC2C1. The van der Waals surface area contributed by atoms with Crippen molar-refractivity contribution in [2.45, 2.75) is 31.2 Å². The number of nitrogens with zero attached hydrogens (tertiary/aromatic N) is 4. The van der Waals surface area contributed by atoms with Crippen LogP contribution in [0.4, 0.5) is 5.82 Å². The van der Waals surface area contributed by atoms with Crippen LogP contribution in [0, 0.1) is 11.8 Å². The van der Waals surface area contributed by atoms with Crippen molar-refractivity contribution in [2.75, 3.05) is 37.6 Å². The summed E-state index contributed by atoms with van der Waals surface area (Å²) in [4.78, 5) is 25.9. The highest BCUT2D eigenvalue weighted by atomic mass is 16.2. The van der Waals surface area contributed by atoms with E-state index in [1.165, 1.54) is 18.5 Å². The molecule has 0 spiro atoms. The Balaban J connectivity index is 1.23. The lowest BCUT2D eigenvalue weighted by Crippen LogP contribution is -2.45. The van der Waals surface area contributed by atoms with Gasteiger partial charge >= 0.3 is 0 Å². The number of aromatic nitrogens is 2. The lowest BCUT2D eigenvalue weighted by atomic mass is 10.0. The molecule has 3 saturated heterocycles. The van der Waals surface area contributed by atoms with Crippen molar-refractivity contribution < 1.29 is 4.79 Å². The number of hydrazine groups is 1. The van der Waals surface area contributed by atoms with Gasteiger partial charge in [0.2, 0.25) is 5.91 Å². The number of hydrogen-bond acceptors (Lipinski definition) is 6. The van der Waals surface area contributed by atoms with Crippen molar-refractivity contribution in [2.24, 2.45) is 11.8 Å². The zero-order valence-electron chi connectivity index (χ0n) is 13.8. The molecule has 1 amide bonds. The Morgan fingerprint density at radius 3 is 2.54 bits per heavy atom. The van der Waals surface area contributed by atoms with E-state index >= 15 is 0 Å². The topological polar surface area (TPSA) is 73.4 Å². The molecule has 0 bridgehead atoms. The standard InChI is InChI=1S/C17H24N6O/c24-17(14-3-4-20-21-14)23-8-12-6-22(7-13(12)9-23)16-5-15(11-1-2-11)18-10-19-16/h5,10-14,20-21H,1-4,6-9H2. The fraction of sp³-hybridized carbons (Fsp3) is 0.706. The average Bonchev–Trinajstić information content (AvgIpc) is 2.99. The Morgan fingerprint density at radius 1 is 1.08 bits per heavy atom. The van der Waals surface area contributed by atoms with Crippen molar-refractivity contribution >= 4 is 11.7 Å². The van der Waals surface area contributed by atoms with Gasteiger partial charge in [0.05, 0.1) is 0 Å². The van der Waals surface area contributed by atoms with Crippen LogP contribution < -0.4 is 15.8 Å². The van der Waals surface area contributed by atoms with Gasteiger partial charge in [-0.05, 0) is 19.3 Å². The van der Waals surface area contributed by atoms with Gasteiger partial charge in [-0.1, -0.05) is 0 Å². The molecule has 0 radical (unpaired) electrons. The maximum Gasteiger partial charge on any atom is 0.241 e. The first-order valence-corrected chi connectivity index (χ1v) is 9.12. The molecular weight excluding hydrogens is 304 g/mol. The minimum absolute atomic E-state index is 0.0390. The summed E-state index contributed by atoms with van der Waals surface area (Å²) in [6.07, 6.45) is 5.14. The highest BCUT2D eigenvalue weighted by Gasteiger charge is 2.43. The fourth-order valence-corrected chi connectivity index (χ4v) is 4.39. The van der Waals surface area contributed by atoms with Crippen molar-refractivity contribution in [3.63, 3.8) is 0 Å². The van der Waals surface area contributed by atoms with Crippen LogP contribution in [0.3, 0.4) is 0 Å². The molecule has 4 aliphatic rings. The number of likely N-dealkylation sites (tertiary alicyclic amines) is 1. The van der Waals surface area contributed by atoms with Crippen LogP contribution in [0.2, 0.25) is 0 Å². The number of carbonyl (C=O) groups excluding carboxylic acids is 1. The highest BCUT2D eigenvalue weighted by molar-refractivity contribution is 5.82. The molecule has 3 aliphatic heterocycles. The molecule has 7 heteroatoms. The van der Waals surface area contributed by atoms with E-state index in [0.29, 0.717) is 17.8 Å². The van der Waals surface area contributed by atoms with Gasteiger partial charge < -0.3 is 9.80 Å². The predicted octanol–water partition coefficient (Wildman–Crippen LogP) is 0.115. The Kier molecular flexibility index (Phi) is 3.45. The van der Waals surface area contributed by atoms with Crippen molar-refractivity contribution in [1.29, 1.82) is 0 Å². The molecule has 2 N–H and O–H groups in total. The van der Waals surface area contributed by atoms with E-state index in [4.69, 9.17) is 0 Å². The first kappa shape index (κ1) is 14.6. The molecule has 7 nitrogen and oxygen atoms in total. The summed E-state index contributed by atoms with van der Waals surface area (Å²) < 4.78 is 0. The van der Waals surface area contributed by atoms with E-state index in [1.807, 2.05) is 0 Å². The molecule has 1 saturated carbocycles. The minimum Gasteiger partial charge on any atom is -0.356 e. The Bertz CT molecular complexity index is 628. The quantitative estimate of drug-likeness (QED) is 0.821. The Hall–Kier alpha value is -1.73. The Morgan fingerprint density at radius 2 is 1.88 bits per heavy atom. The van der Waals surface area contributed by atoms with E-state index in [9.17, 15) is 4.79 Å². The third kappa shape index (κ3) is 2.56. The summed E-state index contributed by atoms with van der Waals surface area (Å²) in [7, 11) is 0. The average molecular weight is 328 g/mol. The number of nitrogens with one attached hydrogen (secondary N) is 2. The van der Waals surface area contributed by atoms with Crippen LogP contribution in [0.1, 0.15) is 30.9 Å². The van der Waals surface area contributed by atoms with Crippen LogP contribution in [0.25, 0.3) is 0 Å². The van der Waals surface area contributed by atoms with E-state index < -0.39 is 0 Å². The van der Waals surface area contributed by atoms with Crippen LogP contribution in [-0.2, 0) is 4.79 Å². The molecule has 3 atom stereocenters. The van der Waals surface area contributed by atoms with Crippen molar-refractivity contribution in [3.05, 3.63) is 18.1 Å². The van der Waals surface area contributed by atoms with Gasteiger partial charge in [-0.25, -0.2) is 15.4 Å². The largest absolute Gasteiger partial charge is 0.356 e. The Labute approximate surface area is 141 Å². The summed E-state index contributed by atoms with van der Waals surface area (Å²) in [6, 6.07) is 2.14. The minimum atomic E-state index is -0.0390. The second kappa shape index (κ2) is 5.67. The molecule has 4 fully saturated rings. The molecule has 1 aromatic heterocycles. The summed E-state index contributed by atoms with van der Waals surface area (Å²) in [6.45, 7) is 4.66. The number of anilines is 1. The molecule has 24 heavy (non-hydrogen) atoms. The lowest BCUT2D eigenvalue weighted by molar-refractivity contribution is -0.132. The maximum absolute atomic E-state index is 12.5. The molecule has 1 aliphatic carbocycles. The van der Waals surface area contributed by atoms with Crippen molar-refractivity contribution in [3.8, 4) is 0 Å². The van der Waals surface area contributed by atoms with Gasteiger partial charge in [0, 0.05) is 62.2 Å². The fourth-order valence-electron chi connectivity index (χ4n) is 4.39. The third-order valence-corrected chi connectivity index (χ3v) is 5.92. The summed E-state index contributed by atoms with van der Waals surface area (Å²) in [5.74, 6) is 3.14. The van der Waals surface area contributed by atoms with E-state index in [0.717, 1.165) is 45.0 Å². The smallest absolute Gasteiger partial charge is 0.241 e. The van der Waals surface area contributed by atoms with Crippen LogP contribution in [0.15, 0.2) is 12.4 Å². The van der Waals surface area contributed by atoms with Gasteiger partial charge in [-0.15, -0.1) is 0 Å². The number of carbonyl (C=O) groups is 1. The predicted molar refractivity (Wildman–Crippen MR) is 89.3 cm³/mol. The number of fused-ring (bicyclic) bond motifs is 1. The van der Waals surface area contributed by atoms with E-state index in [1.54, 1.807) is 6.33 Å². The number of hydrogen-bond donors (Lipinski definition) is 2. The first-order valence-electron chi connectivity index (χ1n) is 9.12. The lowest BCUT2D eigenvalue weighted by Gasteiger charge is -2.24. The molecule has 3 unspecified atom stereocenters. The molecular formula is C17H24N6O. The highest BCUT2D eigenvalue weighted by Crippen LogP contribution is 2.40. The maximum atomic E-state index is 12.5. The summed E-state index contributed by atoms with van der Waals surface area (Å²) >= 11 is 0. The third-order valence-electron chi connectivity index (χ3n) is 5.92. The van der Waals surface area contributed by atoms with Crippen LogP contribution in [-0.4, -0.2) is 59.5 Å². The van der Waals surface area contributed by atoms with Crippen LogP contribution in [0.5, 0.6) is 0 Å². The zero-order valence-corrected chi connectivity index (χ0v) is 13.8. The van der Waals surface area contributed by atoms with Crippen molar-refractivity contribution in [1.82, 2.24) is 25.7 Å². The molecule has 5 rings (SSSR count). The van der Waals surface area contributed by atoms with Gasteiger partial charge in [-0.3, -0.25) is 10.2 Å². The van der Waals surface area contributed by atoms with Gasteiger partial charge in [0.25, 0.3) is 0 Å². The first-order chi connectivity index (χ1) is 11.8. The van der Waals surface area contributed by atoms with Gasteiger partial charge in [0.15, 0.2) is 0 Å². The molecule has 128 valence electrons. The normalized spacial score (nSPS) is 32.4. The number of rotatable bonds is 3. The zero-order chi connectivity index (χ0) is 16.1. The number of amides is 1. The van der Waals surface area contributed by atoms with E-state index in [-0.39, 0.29) is 11.9 Å². The molecule has 0 aromatic carbocycles.